The minimum atomic E-state index is -4.54. The van der Waals surface area contributed by atoms with Crippen LogP contribution >= 0.6 is 23.2 Å². The van der Waals surface area contributed by atoms with Crippen molar-refractivity contribution >= 4 is 34.8 Å². The molecule has 0 saturated heterocycles. The predicted molar refractivity (Wildman–Crippen MR) is 82.8 cm³/mol. The average Bonchev–Trinajstić information content (AvgIpc) is 2.48. The molecule has 0 aliphatic heterocycles. The lowest BCUT2D eigenvalue weighted by atomic mass is 10.1. The van der Waals surface area contributed by atoms with Crippen LogP contribution in [0.15, 0.2) is 36.7 Å². The summed E-state index contributed by atoms with van der Waals surface area (Å²) in [4.78, 5) is 17.1. The van der Waals surface area contributed by atoms with Gasteiger partial charge in [-0.05, 0) is 29.8 Å². The summed E-state index contributed by atoms with van der Waals surface area (Å²) in [5.74, 6) is -0.526. The molecule has 23 heavy (non-hydrogen) atoms. The van der Waals surface area contributed by atoms with E-state index in [-0.39, 0.29) is 10.6 Å². The van der Waals surface area contributed by atoms with Crippen molar-refractivity contribution < 1.29 is 18.0 Å². The zero-order chi connectivity index (χ0) is 17.2. The average molecular weight is 363 g/mol. The first-order chi connectivity index (χ1) is 10.7. The van der Waals surface area contributed by atoms with E-state index in [9.17, 15) is 18.0 Å². The fourth-order valence-electron chi connectivity index (χ4n) is 1.96. The molecule has 3 nitrogen and oxygen atoms in total. The molecule has 1 amide bonds. The van der Waals surface area contributed by atoms with Crippen molar-refractivity contribution in [3.63, 3.8) is 0 Å². The Hall–Kier alpha value is -1.79. The Labute approximate surface area is 140 Å². The number of anilines is 1. The Morgan fingerprint density at radius 2 is 1.91 bits per heavy atom. The third-order valence-electron chi connectivity index (χ3n) is 3.22. The molecule has 1 aromatic carbocycles. The third kappa shape index (κ3) is 4.14. The number of alkyl halides is 3. The predicted octanol–water partition coefficient (Wildman–Crippen LogP) is 4.61. The summed E-state index contributed by atoms with van der Waals surface area (Å²) in [5, 5.41) is 0.573. The summed E-state index contributed by atoms with van der Waals surface area (Å²) >= 11 is 11.7. The highest BCUT2D eigenvalue weighted by molar-refractivity contribution is 6.42. The number of aromatic nitrogens is 1. The van der Waals surface area contributed by atoms with Crippen molar-refractivity contribution in [1.82, 2.24) is 4.98 Å². The number of nitrogens with zero attached hydrogens (tertiary/aromatic N) is 2. The van der Waals surface area contributed by atoms with Crippen molar-refractivity contribution in [2.75, 3.05) is 11.9 Å². The minimum absolute atomic E-state index is 0.183. The van der Waals surface area contributed by atoms with Gasteiger partial charge in [-0.3, -0.25) is 9.78 Å². The van der Waals surface area contributed by atoms with Crippen LogP contribution in [0.25, 0.3) is 0 Å². The number of likely N-dealkylation sites (N-methyl/N-ethyl adjacent to an activating group) is 1. The van der Waals surface area contributed by atoms with Crippen LogP contribution in [0.5, 0.6) is 0 Å². The lowest BCUT2D eigenvalue weighted by Gasteiger charge is -2.19. The van der Waals surface area contributed by atoms with E-state index >= 15 is 0 Å². The lowest BCUT2D eigenvalue weighted by molar-refractivity contribution is -0.138. The molecule has 0 radical (unpaired) electrons. The molecule has 2 aromatic rings. The normalized spacial score (nSPS) is 11.4. The number of amides is 1. The van der Waals surface area contributed by atoms with Crippen molar-refractivity contribution in [3.8, 4) is 0 Å². The van der Waals surface area contributed by atoms with Gasteiger partial charge in [-0.1, -0.05) is 23.2 Å². The summed E-state index contributed by atoms with van der Waals surface area (Å²) in [6.07, 6.45) is -2.89. The van der Waals surface area contributed by atoms with Crippen molar-refractivity contribution in [3.05, 3.63) is 57.8 Å². The summed E-state index contributed by atoms with van der Waals surface area (Å²) in [6, 6.07) is 5.38. The molecule has 1 aromatic heterocycles. The lowest BCUT2D eigenvalue weighted by Crippen LogP contribution is -2.28. The van der Waals surface area contributed by atoms with E-state index in [0.717, 1.165) is 18.5 Å². The van der Waals surface area contributed by atoms with Crippen LogP contribution in [0.1, 0.15) is 11.1 Å². The van der Waals surface area contributed by atoms with E-state index in [2.05, 4.69) is 4.98 Å². The Morgan fingerprint density at radius 3 is 2.52 bits per heavy atom. The Balaban J connectivity index is 2.24. The molecule has 0 aliphatic rings. The van der Waals surface area contributed by atoms with Crippen LogP contribution in [0.2, 0.25) is 10.0 Å². The SMILES string of the molecule is CN(C(=O)Cc1cnccc1C(F)(F)F)c1ccc(Cl)c(Cl)c1. The number of carbonyl (C=O) groups is 1. The fraction of sp³-hybridized carbons (Fsp3) is 0.200. The highest BCUT2D eigenvalue weighted by Crippen LogP contribution is 2.32. The van der Waals surface area contributed by atoms with Crippen LogP contribution in [0.4, 0.5) is 18.9 Å². The molecular formula is C15H11Cl2F3N2O. The van der Waals surface area contributed by atoms with E-state index in [1.165, 1.54) is 24.1 Å². The maximum Gasteiger partial charge on any atom is 0.416 e. The van der Waals surface area contributed by atoms with Crippen LogP contribution in [0.3, 0.4) is 0 Å². The zero-order valence-corrected chi connectivity index (χ0v) is 13.4. The van der Waals surface area contributed by atoms with Crippen LogP contribution < -0.4 is 4.90 Å². The number of halogens is 5. The first-order valence-electron chi connectivity index (χ1n) is 6.42. The molecule has 0 saturated carbocycles. The maximum absolute atomic E-state index is 12.9. The number of pyridine rings is 1. The molecule has 0 aliphatic carbocycles. The van der Waals surface area contributed by atoms with Gasteiger partial charge in [-0.25, -0.2) is 0 Å². The van der Waals surface area contributed by atoms with Crippen molar-refractivity contribution in [2.45, 2.75) is 12.6 Å². The third-order valence-corrected chi connectivity index (χ3v) is 3.95. The largest absolute Gasteiger partial charge is 0.416 e. The molecular weight excluding hydrogens is 352 g/mol. The van der Waals surface area contributed by atoms with Gasteiger partial charge in [0.25, 0.3) is 0 Å². The highest BCUT2D eigenvalue weighted by Gasteiger charge is 2.33. The van der Waals surface area contributed by atoms with Gasteiger partial charge in [-0.2, -0.15) is 13.2 Å². The van der Waals surface area contributed by atoms with Gasteiger partial charge >= 0.3 is 6.18 Å². The van der Waals surface area contributed by atoms with E-state index in [0.29, 0.717) is 10.7 Å². The molecule has 122 valence electrons. The summed E-state index contributed by atoms with van der Waals surface area (Å²) < 4.78 is 38.8. The Bertz CT molecular complexity index is 735. The highest BCUT2D eigenvalue weighted by atomic mass is 35.5. The van der Waals surface area contributed by atoms with E-state index in [1.54, 1.807) is 6.07 Å². The molecule has 1 heterocycles. The molecule has 2 rings (SSSR count). The minimum Gasteiger partial charge on any atom is -0.315 e. The number of rotatable bonds is 3. The van der Waals surface area contributed by atoms with Gasteiger partial charge in [0, 0.05) is 25.1 Å². The van der Waals surface area contributed by atoms with Gasteiger partial charge in [0.1, 0.15) is 0 Å². The van der Waals surface area contributed by atoms with Gasteiger partial charge in [-0.15, -0.1) is 0 Å². The van der Waals surface area contributed by atoms with Crippen molar-refractivity contribution in [1.29, 1.82) is 0 Å². The smallest absolute Gasteiger partial charge is 0.315 e. The van der Waals surface area contributed by atoms with E-state index in [4.69, 9.17) is 23.2 Å². The van der Waals surface area contributed by atoms with Crippen molar-refractivity contribution in [2.24, 2.45) is 0 Å². The maximum atomic E-state index is 12.9. The van der Waals surface area contributed by atoms with E-state index < -0.39 is 24.1 Å². The first-order valence-corrected chi connectivity index (χ1v) is 7.17. The van der Waals surface area contributed by atoms with Crippen LogP contribution in [-0.2, 0) is 17.4 Å². The first kappa shape index (κ1) is 17.6. The monoisotopic (exact) mass is 362 g/mol. The van der Waals surface area contributed by atoms with Crippen LogP contribution in [-0.4, -0.2) is 17.9 Å². The molecule has 0 N–H and O–H groups in total. The number of carbonyl (C=O) groups excluding carboxylic acids is 1. The van der Waals surface area contributed by atoms with Gasteiger partial charge in [0.2, 0.25) is 5.91 Å². The second-order valence-corrected chi connectivity index (χ2v) is 5.57. The topological polar surface area (TPSA) is 33.2 Å². The summed E-state index contributed by atoms with van der Waals surface area (Å²) in [5.41, 5.74) is -0.623. The molecule has 0 fully saturated rings. The number of benzene rings is 1. The Kier molecular flexibility index (Phi) is 5.16. The van der Waals surface area contributed by atoms with E-state index in [1.807, 2.05) is 0 Å². The quantitative estimate of drug-likeness (QED) is 0.798. The molecule has 0 bridgehead atoms. The molecule has 0 spiro atoms. The van der Waals surface area contributed by atoms with Gasteiger partial charge in [0.05, 0.1) is 22.0 Å². The second-order valence-electron chi connectivity index (χ2n) is 4.76. The molecule has 0 unspecified atom stereocenters. The van der Waals surface area contributed by atoms with Gasteiger partial charge < -0.3 is 4.90 Å². The number of hydrogen-bond donors (Lipinski definition) is 0. The second kappa shape index (κ2) is 6.76. The molecule has 0 atom stereocenters. The summed E-state index contributed by atoms with van der Waals surface area (Å²) in [6.45, 7) is 0. The number of hydrogen-bond acceptors (Lipinski definition) is 2. The summed E-state index contributed by atoms with van der Waals surface area (Å²) in [7, 11) is 1.45. The van der Waals surface area contributed by atoms with Gasteiger partial charge in [0.15, 0.2) is 0 Å². The van der Waals surface area contributed by atoms with Crippen LogP contribution in [0, 0.1) is 0 Å². The zero-order valence-electron chi connectivity index (χ0n) is 11.9. The fourth-order valence-corrected chi connectivity index (χ4v) is 2.26. The molecule has 8 heteroatoms. The standard InChI is InChI=1S/C15H11Cl2F3N2O/c1-22(10-2-3-12(16)13(17)7-10)14(23)6-9-8-21-5-4-11(9)15(18,19)20/h2-5,7-8H,6H2,1H3. The Morgan fingerprint density at radius 1 is 1.22 bits per heavy atom.